The Morgan fingerprint density at radius 3 is 2.86 bits per heavy atom. The van der Waals surface area contributed by atoms with E-state index in [0.29, 0.717) is 6.54 Å². The lowest BCUT2D eigenvalue weighted by molar-refractivity contribution is 0.795. The molecule has 22 heavy (non-hydrogen) atoms. The maximum absolute atomic E-state index is 12.6. The maximum atomic E-state index is 12.6. The SMILES string of the molecule is C/C=C/c1cc2n(c(=O)c1C)Cc1cc3ccccc3nc1-2. The molecule has 1 aliphatic heterocycles. The fourth-order valence-corrected chi connectivity index (χ4v) is 3.15. The smallest absolute Gasteiger partial charge is 0.254 e. The van der Waals surface area contributed by atoms with Gasteiger partial charge in [-0.1, -0.05) is 30.4 Å². The van der Waals surface area contributed by atoms with Crippen molar-refractivity contribution >= 4 is 17.0 Å². The van der Waals surface area contributed by atoms with Gasteiger partial charge in [0.05, 0.1) is 23.4 Å². The Morgan fingerprint density at radius 2 is 2.05 bits per heavy atom. The minimum Gasteiger partial charge on any atom is -0.302 e. The highest BCUT2D eigenvalue weighted by Gasteiger charge is 2.23. The van der Waals surface area contributed by atoms with Crippen molar-refractivity contribution in [3.05, 3.63) is 69.5 Å². The standard InChI is InChI=1S/C19H16N2O/c1-3-6-13-10-17-18-15(11-21(17)19(22)12(13)2)9-14-7-4-5-8-16(14)20-18/h3-10H,11H2,1-2H3/b6-3+. The second-order valence-corrected chi connectivity index (χ2v) is 5.69. The molecule has 0 bridgehead atoms. The van der Waals surface area contributed by atoms with E-state index in [1.165, 1.54) is 0 Å². The lowest BCUT2D eigenvalue weighted by Crippen LogP contribution is -2.22. The summed E-state index contributed by atoms with van der Waals surface area (Å²) in [6, 6.07) is 12.3. The molecule has 3 heterocycles. The molecule has 1 aromatic carbocycles. The van der Waals surface area contributed by atoms with E-state index in [1.807, 2.05) is 48.8 Å². The monoisotopic (exact) mass is 288 g/mol. The normalized spacial score (nSPS) is 12.8. The summed E-state index contributed by atoms with van der Waals surface area (Å²) in [5.74, 6) is 0. The highest BCUT2D eigenvalue weighted by molar-refractivity contribution is 5.84. The first-order valence-electron chi connectivity index (χ1n) is 7.45. The first-order chi connectivity index (χ1) is 10.7. The molecule has 0 amide bonds. The predicted octanol–water partition coefficient (Wildman–Crippen LogP) is 3.77. The summed E-state index contributed by atoms with van der Waals surface area (Å²) < 4.78 is 1.83. The lowest BCUT2D eigenvalue weighted by atomic mass is 10.1. The Hall–Kier alpha value is -2.68. The average molecular weight is 288 g/mol. The van der Waals surface area contributed by atoms with Crippen molar-refractivity contribution in [1.29, 1.82) is 0 Å². The maximum Gasteiger partial charge on any atom is 0.254 e. The zero-order valence-electron chi connectivity index (χ0n) is 12.6. The van der Waals surface area contributed by atoms with Crippen LogP contribution in [0.5, 0.6) is 0 Å². The third-order valence-electron chi connectivity index (χ3n) is 4.30. The van der Waals surface area contributed by atoms with Gasteiger partial charge in [-0.25, -0.2) is 4.98 Å². The van der Waals surface area contributed by atoms with Gasteiger partial charge in [-0.15, -0.1) is 0 Å². The van der Waals surface area contributed by atoms with Crippen LogP contribution in [0.25, 0.3) is 28.4 Å². The summed E-state index contributed by atoms with van der Waals surface area (Å²) in [5.41, 5.74) is 5.78. The average Bonchev–Trinajstić information content (AvgIpc) is 2.88. The van der Waals surface area contributed by atoms with Gasteiger partial charge < -0.3 is 4.57 Å². The number of aromatic nitrogens is 2. The molecular weight excluding hydrogens is 272 g/mol. The molecule has 4 rings (SSSR count). The van der Waals surface area contributed by atoms with Crippen LogP contribution in [0.4, 0.5) is 0 Å². The molecule has 0 saturated carbocycles. The molecule has 0 spiro atoms. The molecule has 0 N–H and O–H groups in total. The molecule has 0 atom stereocenters. The number of benzene rings is 1. The van der Waals surface area contributed by atoms with Crippen molar-refractivity contribution in [2.24, 2.45) is 0 Å². The fourth-order valence-electron chi connectivity index (χ4n) is 3.15. The van der Waals surface area contributed by atoms with Crippen LogP contribution < -0.4 is 5.56 Å². The Kier molecular flexibility index (Phi) is 2.76. The van der Waals surface area contributed by atoms with Crippen LogP contribution in [0.3, 0.4) is 0 Å². The van der Waals surface area contributed by atoms with E-state index in [2.05, 4.69) is 18.2 Å². The largest absolute Gasteiger partial charge is 0.302 e. The quantitative estimate of drug-likeness (QED) is 0.534. The highest BCUT2D eigenvalue weighted by Crippen LogP contribution is 2.32. The molecule has 0 unspecified atom stereocenters. The number of allylic oxidation sites excluding steroid dienone is 1. The predicted molar refractivity (Wildman–Crippen MR) is 90.0 cm³/mol. The topological polar surface area (TPSA) is 34.9 Å². The van der Waals surface area contributed by atoms with Gasteiger partial charge in [-0.3, -0.25) is 4.79 Å². The van der Waals surface area contributed by atoms with Gasteiger partial charge in [0, 0.05) is 16.5 Å². The van der Waals surface area contributed by atoms with E-state index in [4.69, 9.17) is 4.98 Å². The van der Waals surface area contributed by atoms with Crippen molar-refractivity contribution in [2.75, 3.05) is 0 Å². The molecule has 0 aliphatic carbocycles. The molecule has 1 aliphatic rings. The van der Waals surface area contributed by atoms with Crippen LogP contribution in [0.1, 0.15) is 23.6 Å². The van der Waals surface area contributed by atoms with Crippen molar-refractivity contribution in [3.63, 3.8) is 0 Å². The molecule has 3 aromatic rings. The summed E-state index contributed by atoms with van der Waals surface area (Å²) in [6.45, 7) is 4.46. The first kappa shape index (κ1) is 13.0. The molecular formula is C19H16N2O. The number of nitrogens with zero attached hydrogens (tertiary/aromatic N) is 2. The molecule has 3 heteroatoms. The van der Waals surface area contributed by atoms with E-state index in [-0.39, 0.29) is 5.56 Å². The van der Waals surface area contributed by atoms with Crippen LogP contribution in [-0.2, 0) is 6.54 Å². The van der Waals surface area contributed by atoms with E-state index in [1.54, 1.807) is 0 Å². The van der Waals surface area contributed by atoms with Gasteiger partial charge in [0.2, 0.25) is 0 Å². The Bertz CT molecular complexity index is 996. The van der Waals surface area contributed by atoms with Crippen molar-refractivity contribution < 1.29 is 0 Å². The summed E-state index contributed by atoms with van der Waals surface area (Å²) in [4.78, 5) is 17.4. The molecule has 3 nitrogen and oxygen atoms in total. The number of rotatable bonds is 1. The van der Waals surface area contributed by atoms with Crippen LogP contribution in [0, 0.1) is 6.92 Å². The highest BCUT2D eigenvalue weighted by atomic mass is 16.1. The van der Waals surface area contributed by atoms with Crippen LogP contribution >= 0.6 is 0 Å². The third kappa shape index (κ3) is 1.75. The molecule has 108 valence electrons. The third-order valence-corrected chi connectivity index (χ3v) is 4.30. The Labute approximate surface area is 128 Å². The number of hydrogen-bond acceptors (Lipinski definition) is 2. The molecule has 2 aromatic heterocycles. The zero-order chi connectivity index (χ0) is 15.3. The van der Waals surface area contributed by atoms with Gasteiger partial charge in [-0.05, 0) is 37.6 Å². The fraction of sp³-hybridized carbons (Fsp3) is 0.158. The number of fused-ring (bicyclic) bond motifs is 4. The van der Waals surface area contributed by atoms with Crippen molar-refractivity contribution in [1.82, 2.24) is 9.55 Å². The van der Waals surface area contributed by atoms with Crippen LogP contribution in [0.2, 0.25) is 0 Å². The van der Waals surface area contributed by atoms with Gasteiger partial charge in [0.25, 0.3) is 5.56 Å². The molecule has 0 radical (unpaired) electrons. The van der Waals surface area contributed by atoms with E-state index in [0.717, 1.165) is 39.0 Å². The van der Waals surface area contributed by atoms with E-state index < -0.39 is 0 Å². The summed E-state index contributed by atoms with van der Waals surface area (Å²) in [5, 5.41) is 1.12. The van der Waals surface area contributed by atoms with Gasteiger partial charge >= 0.3 is 0 Å². The van der Waals surface area contributed by atoms with E-state index in [9.17, 15) is 4.79 Å². The van der Waals surface area contributed by atoms with Crippen LogP contribution in [0.15, 0.2) is 47.3 Å². The second-order valence-electron chi connectivity index (χ2n) is 5.69. The van der Waals surface area contributed by atoms with Crippen molar-refractivity contribution in [2.45, 2.75) is 20.4 Å². The minimum absolute atomic E-state index is 0.0765. The van der Waals surface area contributed by atoms with Crippen molar-refractivity contribution in [3.8, 4) is 11.4 Å². The molecule has 0 fully saturated rings. The Morgan fingerprint density at radius 1 is 1.23 bits per heavy atom. The summed E-state index contributed by atoms with van der Waals surface area (Å²) >= 11 is 0. The second kappa shape index (κ2) is 4.67. The number of para-hydroxylation sites is 1. The minimum atomic E-state index is 0.0765. The Balaban J connectivity index is 2.04. The summed E-state index contributed by atoms with van der Waals surface area (Å²) in [7, 11) is 0. The van der Waals surface area contributed by atoms with Gasteiger partial charge in [0.1, 0.15) is 0 Å². The number of pyridine rings is 2. The van der Waals surface area contributed by atoms with Gasteiger partial charge in [-0.2, -0.15) is 0 Å². The first-order valence-corrected chi connectivity index (χ1v) is 7.45. The van der Waals surface area contributed by atoms with E-state index >= 15 is 0 Å². The van der Waals surface area contributed by atoms with Gasteiger partial charge in [0.15, 0.2) is 0 Å². The zero-order valence-corrected chi connectivity index (χ0v) is 12.6. The van der Waals surface area contributed by atoms with Crippen LogP contribution in [-0.4, -0.2) is 9.55 Å². The lowest BCUT2D eigenvalue weighted by Gasteiger charge is -2.07. The molecule has 0 saturated heterocycles. The summed E-state index contributed by atoms with van der Waals surface area (Å²) in [6.07, 6.45) is 3.94. The number of hydrogen-bond donors (Lipinski definition) is 0.